The molecule has 0 aromatic carbocycles. The monoisotopic (exact) mass is 189 g/mol. The molecule has 13 heavy (non-hydrogen) atoms. The predicted octanol–water partition coefficient (Wildman–Crippen LogP) is 0.754. The van der Waals surface area contributed by atoms with Gasteiger partial charge in [0.25, 0.3) is 0 Å². The van der Waals surface area contributed by atoms with E-state index in [0.717, 1.165) is 19.3 Å². The average Bonchev–Trinajstić information content (AvgIpc) is 2.15. The summed E-state index contributed by atoms with van der Waals surface area (Å²) in [6.45, 7) is 4.19. The van der Waals surface area contributed by atoms with E-state index in [-0.39, 0.29) is 12.6 Å². The van der Waals surface area contributed by atoms with Crippen LogP contribution in [0.1, 0.15) is 33.1 Å². The van der Waals surface area contributed by atoms with E-state index in [2.05, 4.69) is 19.2 Å². The van der Waals surface area contributed by atoms with E-state index in [9.17, 15) is 5.11 Å². The molecule has 0 aliphatic carbocycles. The van der Waals surface area contributed by atoms with Crippen LogP contribution < -0.4 is 5.32 Å². The number of likely N-dealkylation sites (N-methyl/N-ethyl adjacent to an activating group) is 1. The molecule has 80 valence electrons. The molecule has 0 radical (unpaired) electrons. The normalized spacial score (nSPS) is 18.2. The third kappa shape index (κ3) is 4.07. The predicted molar refractivity (Wildman–Crippen MR) is 54.6 cm³/mol. The third-order valence-corrected chi connectivity index (χ3v) is 2.65. The van der Waals surface area contributed by atoms with Crippen molar-refractivity contribution in [2.45, 2.75) is 45.3 Å². The molecule has 0 saturated heterocycles. The minimum Gasteiger partial charge on any atom is -0.395 e. The first-order valence-corrected chi connectivity index (χ1v) is 5.17. The van der Waals surface area contributed by atoms with Crippen LogP contribution in [0.3, 0.4) is 0 Å². The number of aliphatic hydroxyl groups excluding tert-OH is 2. The van der Waals surface area contributed by atoms with Crippen molar-refractivity contribution < 1.29 is 10.2 Å². The SMILES string of the molecule is CCCC(CC)C(O)C(CO)NC. The Morgan fingerprint density at radius 1 is 1.31 bits per heavy atom. The average molecular weight is 189 g/mol. The standard InChI is InChI=1S/C10H23NO2/c1-4-6-8(5-2)10(13)9(7-12)11-3/h8-13H,4-7H2,1-3H3. The van der Waals surface area contributed by atoms with Crippen LogP contribution in [0.4, 0.5) is 0 Å². The number of rotatable bonds is 7. The molecule has 0 bridgehead atoms. The zero-order valence-corrected chi connectivity index (χ0v) is 8.95. The van der Waals surface area contributed by atoms with Crippen molar-refractivity contribution >= 4 is 0 Å². The zero-order valence-electron chi connectivity index (χ0n) is 8.95. The Balaban J connectivity index is 4.07. The molecule has 3 N–H and O–H groups in total. The second kappa shape index (κ2) is 7.30. The highest BCUT2D eigenvalue weighted by Crippen LogP contribution is 2.17. The quantitative estimate of drug-likeness (QED) is 0.554. The fraction of sp³-hybridized carbons (Fsp3) is 1.00. The number of nitrogens with one attached hydrogen (secondary N) is 1. The Morgan fingerprint density at radius 2 is 1.92 bits per heavy atom. The molecule has 0 fully saturated rings. The summed E-state index contributed by atoms with van der Waals surface area (Å²) in [5.74, 6) is 0.301. The van der Waals surface area contributed by atoms with Crippen LogP contribution in [-0.4, -0.2) is 36.0 Å². The minimum atomic E-state index is -0.431. The van der Waals surface area contributed by atoms with Crippen molar-refractivity contribution in [3.05, 3.63) is 0 Å². The summed E-state index contributed by atoms with van der Waals surface area (Å²) in [5.41, 5.74) is 0. The van der Waals surface area contributed by atoms with Crippen LogP contribution >= 0.6 is 0 Å². The van der Waals surface area contributed by atoms with Gasteiger partial charge in [0, 0.05) is 0 Å². The molecule has 3 unspecified atom stereocenters. The second-order valence-electron chi connectivity index (χ2n) is 3.53. The van der Waals surface area contributed by atoms with Crippen LogP contribution in [0, 0.1) is 5.92 Å². The van der Waals surface area contributed by atoms with Gasteiger partial charge in [-0.1, -0.05) is 26.7 Å². The summed E-state index contributed by atoms with van der Waals surface area (Å²) in [4.78, 5) is 0. The van der Waals surface area contributed by atoms with Crippen molar-refractivity contribution in [2.75, 3.05) is 13.7 Å². The Kier molecular flexibility index (Phi) is 7.23. The number of hydrogen-bond donors (Lipinski definition) is 3. The van der Waals surface area contributed by atoms with Crippen molar-refractivity contribution in [2.24, 2.45) is 5.92 Å². The molecule has 0 heterocycles. The first-order chi connectivity index (χ1) is 6.21. The van der Waals surface area contributed by atoms with Crippen LogP contribution in [0.5, 0.6) is 0 Å². The van der Waals surface area contributed by atoms with Gasteiger partial charge in [0.05, 0.1) is 18.8 Å². The Bertz CT molecular complexity index is 115. The van der Waals surface area contributed by atoms with Gasteiger partial charge in [-0.3, -0.25) is 0 Å². The van der Waals surface area contributed by atoms with Crippen LogP contribution in [0.25, 0.3) is 0 Å². The highest BCUT2D eigenvalue weighted by Gasteiger charge is 2.23. The van der Waals surface area contributed by atoms with Gasteiger partial charge in [0.15, 0.2) is 0 Å². The van der Waals surface area contributed by atoms with Gasteiger partial charge in [0.1, 0.15) is 0 Å². The topological polar surface area (TPSA) is 52.5 Å². The molecule has 0 rings (SSSR count). The van der Waals surface area contributed by atoms with Crippen molar-refractivity contribution in [3.8, 4) is 0 Å². The lowest BCUT2D eigenvalue weighted by molar-refractivity contribution is 0.0414. The van der Waals surface area contributed by atoms with Gasteiger partial charge >= 0.3 is 0 Å². The van der Waals surface area contributed by atoms with Gasteiger partial charge in [-0.05, 0) is 19.4 Å². The van der Waals surface area contributed by atoms with Gasteiger partial charge in [-0.15, -0.1) is 0 Å². The highest BCUT2D eigenvalue weighted by atomic mass is 16.3. The second-order valence-corrected chi connectivity index (χ2v) is 3.53. The lowest BCUT2D eigenvalue weighted by Gasteiger charge is -2.27. The molecule has 3 nitrogen and oxygen atoms in total. The largest absolute Gasteiger partial charge is 0.395 e. The first kappa shape index (κ1) is 12.9. The Hall–Kier alpha value is -0.120. The first-order valence-electron chi connectivity index (χ1n) is 5.17. The van der Waals surface area contributed by atoms with E-state index < -0.39 is 6.10 Å². The lowest BCUT2D eigenvalue weighted by atomic mass is 9.90. The number of aliphatic hydroxyl groups is 2. The fourth-order valence-corrected chi connectivity index (χ4v) is 1.69. The minimum absolute atomic E-state index is 0.00210. The molecular formula is C10H23NO2. The van der Waals surface area contributed by atoms with Crippen molar-refractivity contribution in [1.29, 1.82) is 0 Å². The van der Waals surface area contributed by atoms with Gasteiger partial charge in [-0.2, -0.15) is 0 Å². The van der Waals surface area contributed by atoms with E-state index >= 15 is 0 Å². The highest BCUT2D eigenvalue weighted by molar-refractivity contribution is 4.79. The van der Waals surface area contributed by atoms with E-state index in [1.54, 1.807) is 7.05 Å². The van der Waals surface area contributed by atoms with Gasteiger partial charge < -0.3 is 15.5 Å². The van der Waals surface area contributed by atoms with E-state index in [1.807, 2.05) is 0 Å². The van der Waals surface area contributed by atoms with Crippen LogP contribution in [0.2, 0.25) is 0 Å². The summed E-state index contributed by atoms with van der Waals surface area (Å²) in [5, 5.41) is 21.8. The molecule has 0 spiro atoms. The summed E-state index contributed by atoms with van der Waals surface area (Å²) in [6.07, 6.45) is 2.64. The van der Waals surface area contributed by atoms with Crippen LogP contribution in [-0.2, 0) is 0 Å². The number of hydrogen-bond acceptors (Lipinski definition) is 3. The molecule has 0 amide bonds. The molecule has 0 aliphatic rings. The van der Waals surface area contributed by atoms with Crippen molar-refractivity contribution in [1.82, 2.24) is 5.32 Å². The summed E-state index contributed by atoms with van der Waals surface area (Å²) in [6, 6.07) is -0.184. The van der Waals surface area contributed by atoms with Crippen molar-refractivity contribution in [3.63, 3.8) is 0 Å². The van der Waals surface area contributed by atoms with Gasteiger partial charge in [-0.25, -0.2) is 0 Å². The van der Waals surface area contributed by atoms with E-state index in [0.29, 0.717) is 5.92 Å². The Morgan fingerprint density at radius 3 is 2.23 bits per heavy atom. The lowest BCUT2D eigenvalue weighted by Crippen LogP contribution is -2.44. The summed E-state index contributed by atoms with van der Waals surface area (Å²) >= 11 is 0. The molecule has 0 saturated carbocycles. The molecule has 0 aliphatic heterocycles. The molecule has 3 atom stereocenters. The third-order valence-electron chi connectivity index (χ3n) is 2.65. The zero-order chi connectivity index (χ0) is 10.3. The maximum Gasteiger partial charge on any atom is 0.0743 e. The van der Waals surface area contributed by atoms with E-state index in [1.165, 1.54) is 0 Å². The fourth-order valence-electron chi connectivity index (χ4n) is 1.69. The molecular weight excluding hydrogens is 166 g/mol. The molecule has 0 aromatic heterocycles. The summed E-state index contributed by atoms with van der Waals surface area (Å²) in [7, 11) is 1.77. The van der Waals surface area contributed by atoms with Gasteiger partial charge in [0.2, 0.25) is 0 Å². The van der Waals surface area contributed by atoms with E-state index in [4.69, 9.17) is 5.11 Å². The maximum atomic E-state index is 9.88. The Labute approximate surface area is 81.2 Å². The molecule has 0 aromatic rings. The smallest absolute Gasteiger partial charge is 0.0743 e. The maximum absolute atomic E-state index is 9.88. The molecule has 3 heteroatoms. The van der Waals surface area contributed by atoms with Crippen LogP contribution in [0.15, 0.2) is 0 Å². The summed E-state index contributed by atoms with van der Waals surface area (Å²) < 4.78 is 0.